The largest absolute Gasteiger partial charge is 0.493 e. The number of benzene rings is 4. The van der Waals surface area contributed by atoms with Gasteiger partial charge in [-0.25, -0.2) is 4.99 Å². The molecule has 4 nitrogen and oxygen atoms in total. The lowest BCUT2D eigenvalue weighted by atomic mass is 9.90. The van der Waals surface area contributed by atoms with Gasteiger partial charge in [0.25, 0.3) is 0 Å². The van der Waals surface area contributed by atoms with Gasteiger partial charge in [-0.2, -0.15) is 0 Å². The van der Waals surface area contributed by atoms with Gasteiger partial charge in [0.1, 0.15) is 0 Å². The van der Waals surface area contributed by atoms with Crippen molar-refractivity contribution in [3.8, 4) is 11.5 Å². The molecule has 154 valence electrons. The molecule has 0 bridgehead atoms. The molecule has 4 aromatic rings. The predicted molar refractivity (Wildman–Crippen MR) is 126 cm³/mol. The van der Waals surface area contributed by atoms with Crippen LogP contribution in [0.15, 0.2) is 89.4 Å². The Morgan fingerprint density at radius 1 is 0.656 bits per heavy atom. The summed E-state index contributed by atoms with van der Waals surface area (Å²) < 4.78 is 11.1. The third kappa shape index (κ3) is 2.56. The van der Waals surface area contributed by atoms with Crippen LogP contribution in [0.1, 0.15) is 27.0 Å². The average molecular weight is 417 g/mol. The van der Waals surface area contributed by atoms with Crippen LogP contribution in [-0.2, 0) is 0 Å². The van der Waals surface area contributed by atoms with E-state index in [-0.39, 0.29) is 5.78 Å². The highest BCUT2D eigenvalue weighted by Gasteiger charge is 2.38. The van der Waals surface area contributed by atoms with E-state index in [0.717, 1.165) is 33.0 Å². The number of ketones is 1. The number of allylic oxidation sites excluding steroid dienone is 1. The quantitative estimate of drug-likeness (QED) is 0.411. The topological polar surface area (TPSA) is 47.9 Å². The molecule has 0 saturated carbocycles. The highest BCUT2D eigenvalue weighted by Crippen LogP contribution is 2.47. The fourth-order valence-electron chi connectivity index (χ4n) is 4.67. The number of hydrogen-bond acceptors (Lipinski definition) is 4. The van der Waals surface area contributed by atoms with Crippen molar-refractivity contribution in [2.45, 2.75) is 0 Å². The molecule has 0 N–H and O–H groups in total. The second-order valence-corrected chi connectivity index (χ2v) is 7.87. The minimum absolute atomic E-state index is 0.0112. The van der Waals surface area contributed by atoms with Crippen LogP contribution in [0.5, 0.6) is 11.5 Å². The Morgan fingerprint density at radius 2 is 1.34 bits per heavy atom. The molecule has 1 aliphatic heterocycles. The Bertz CT molecular complexity index is 1510. The number of ether oxygens (including phenoxy) is 2. The average Bonchev–Trinajstić information content (AvgIpc) is 3.16. The molecule has 0 atom stereocenters. The number of rotatable bonds is 3. The van der Waals surface area contributed by atoms with Crippen molar-refractivity contribution in [2.75, 3.05) is 14.2 Å². The molecule has 0 amide bonds. The van der Waals surface area contributed by atoms with Crippen molar-refractivity contribution in [2.24, 2.45) is 4.99 Å². The van der Waals surface area contributed by atoms with Crippen LogP contribution in [0.3, 0.4) is 0 Å². The molecule has 0 spiro atoms. The van der Waals surface area contributed by atoms with Crippen molar-refractivity contribution in [3.63, 3.8) is 0 Å². The molecule has 0 radical (unpaired) electrons. The van der Waals surface area contributed by atoms with Gasteiger partial charge < -0.3 is 9.47 Å². The van der Waals surface area contributed by atoms with Crippen LogP contribution in [-0.4, -0.2) is 25.7 Å². The maximum absolute atomic E-state index is 13.7. The summed E-state index contributed by atoms with van der Waals surface area (Å²) in [6.45, 7) is 0. The highest BCUT2D eigenvalue weighted by atomic mass is 16.5. The monoisotopic (exact) mass is 417 g/mol. The first-order valence-corrected chi connectivity index (χ1v) is 10.4. The van der Waals surface area contributed by atoms with Gasteiger partial charge in [-0.3, -0.25) is 4.79 Å². The van der Waals surface area contributed by atoms with Crippen LogP contribution in [0.25, 0.3) is 16.3 Å². The molecule has 2 aliphatic rings. The highest BCUT2D eigenvalue weighted by molar-refractivity contribution is 6.44. The fourth-order valence-corrected chi connectivity index (χ4v) is 4.67. The molecular formula is C28H19NO3. The molecule has 4 heteroatoms. The number of para-hydroxylation sites is 1. The van der Waals surface area contributed by atoms with Crippen molar-refractivity contribution < 1.29 is 14.3 Å². The number of methoxy groups -OCH3 is 2. The Balaban J connectivity index is 1.70. The van der Waals surface area contributed by atoms with Gasteiger partial charge in [0, 0.05) is 16.7 Å². The number of carbonyl (C=O) groups excluding carboxylic acids is 1. The number of fused-ring (bicyclic) bond motifs is 5. The normalized spacial score (nSPS) is 14.1. The zero-order chi connectivity index (χ0) is 21.8. The van der Waals surface area contributed by atoms with Crippen LogP contribution in [0.2, 0.25) is 0 Å². The van der Waals surface area contributed by atoms with E-state index in [1.807, 2.05) is 48.5 Å². The van der Waals surface area contributed by atoms with Crippen molar-refractivity contribution in [1.82, 2.24) is 0 Å². The number of Topliss-reactive ketones (excluding diaryl/α,β-unsaturated/α-hetero) is 1. The van der Waals surface area contributed by atoms with Crippen molar-refractivity contribution in [1.29, 1.82) is 0 Å². The second kappa shape index (κ2) is 6.92. The predicted octanol–water partition coefficient (Wildman–Crippen LogP) is 5.99. The number of hydrogen-bond donors (Lipinski definition) is 0. The molecule has 1 heterocycles. The number of nitrogens with zero attached hydrogens (tertiary/aromatic N) is 1. The Morgan fingerprint density at radius 3 is 2.12 bits per heavy atom. The van der Waals surface area contributed by atoms with E-state index in [1.165, 1.54) is 0 Å². The van der Waals surface area contributed by atoms with Crippen molar-refractivity contribution >= 4 is 33.5 Å². The lowest BCUT2D eigenvalue weighted by molar-refractivity contribution is 0.104. The molecule has 0 unspecified atom stereocenters. The maximum atomic E-state index is 13.7. The zero-order valence-electron chi connectivity index (χ0n) is 17.7. The third-order valence-electron chi connectivity index (χ3n) is 6.18. The zero-order valence-corrected chi connectivity index (χ0v) is 17.7. The van der Waals surface area contributed by atoms with E-state index in [9.17, 15) is 4.79 Å². The van der Waals surface area contributed by atoms with Crippen LogP contribution in [0.4, 0.5) is 5.69 Å². The standard InChI is InChI=1S/C28H19NO3/c1-31-23-14-20-21(15-24(23)32-2)27-26(28(30)19-9-5-6-10-22(19)29-27)25(20)18-12-11-16-7-3-4-8-17(16)13-18/h3-15H,1-2H3. The van der Waals surface area contributed by atoms with Gasteiger partial charge in [-0.1, -0.05) is 48.5 Å². The maximum Gasteiger partial charge on any atom is 0.198 e. The van der Waals surface area contributed by atoms with E-state index in [0.29, 0.717) is 34.0 Å². The van der Waals surface area contributed by atoms with Gasteiger partial charge in [-0.15, -0.1) is 0 Å². The minimum atomic E-state index is -0.0112. The molecule has 0 aromatic heterocycles. The van der Waals surface area contributed by atoms with E-state index in [1.54, 1.807) is 14.2 Å². The van der Waals surface area contributed by atoms with E-state index in [2.05, 4.69) is 30.3 Å². The first kappa shape index (κ1) is 18.6. The first-order valence-electron chi connectivity index (χ1n) is 10.4. The molecule has 1 aliphatic carbocycles. The summed E-state index contributed by atoms with van der Waals surface area (Å²) in [6, 6.07) is 25.9. The summed E-state index contributed by atoms with van der Waals surface area (Å²) in [5, 5.41) is 2.27. The summed E-state index contributed by atoms with van der Waals surface area (Å²) >= 11 is 0. The smallest absolute Gasteiger partial charge is 0.198 e. The van der Waals surface area contributed by atoms with E-state index >= 15 is 0 Å². The fraction of sp³-hybridized carbons (Fsp3) is 0.0714. The summed E-state index contributed by atoms with van der Waals surface area (Å²) in [5.74, 6) is 1.22. The molecule has 0 saturated heterocycles. The molecule has 6 rings (SSSR count). The molecular weight excluding hydrogens is 398 g/mol. The van der Waals surface area contributed by atoms with Gasteiger partial charge in [0.2, 0.25) is 0 Å². The number of aliphatic imine (C=N–C) groups is 1. The first-order chi connectivity index (χ1) is 15.7. The van der Waals surface area contributed by atoms with E-state index < -0.39 is 0 Å². The number of carbonyl (C=O) groups is 1. The van der Waals surface area contributed by atoms with Crippen LogP contribution in [0, 0.1) is 0 Å². The lowest BCUT2D eigenvalue weighted by Crippen LogP contribution is -2.16. The molecule has 32 heavy (non-hydrogen) atoms. The summed E-state index contributed by atoms with van der Waals surface area (Å²) in [6.07, 6.45) is 0. The summed E-state index contributed by atoms with van der Waals surface area (Å²) in [5.41, 5.74) is 6.29. The third-order valence-corrected chi connectivity index (χ3v) is 6.18. The van der Waals surface area contributed by atoms with Crippen LogP contribution >= 0.6 is 0 Å². The summed E-state index contributed by atoms with van der Waals surface area (Å²) in [4.78, 5) is 18.6. The van der Waals surface area contributed by atoms with Crippen LogP contribution < -0.4 is 9.47 Å². The van der Waals surface area contributed by atoms with Gasteiger partial charge >= 0.3 is 0 Å². The summed E-state index contributed by atoms with van der Waals surface area (Å²) in [7, 11) is 3.23. The van der Waals surface area contributed by atoms with E-state index in [4.69, 9.17) is 14.5 Å². The lowest BCUT2D eigenvalue weighted by Gasteiger charge is -2.15. The molecule has 4 aromatic carbocycles. The molecule has 0 fully saturated rings. The van der Waals surface area contributed by atoms with Gasteiger partial charge in [0.05, 0.1) is 31.2 Å². The minimum Gasteiger partial charge on any atom is -0.493 e. The second-order valence-electron chi connectivity index (χ2n) is 7.87. The van der Waals surface area contributed by atoms with Gasteiger partial charge in [0.15, 0.2) is 17.3 Å². The Kier molecular flexibility index (Phi) is 4.02. The Labute approximate surface area is 185 Å². The van der Waals surface area contributed by atoms with Crippen molar-refractivity contribution in [3.05, 3.63) is 107 Å². The van der Waals surface area contributed by atoms with Gasteiger partial charge in [-0.05, 0) is 52.2 Å². The SMILES string of the molecule is COc1cc2c(cc1OC)C(c1ccc3ccccc3c1)=C1C(=O)c3ccccc3N=C12. The Hall–Kier alpha value is -4.18.